The predicted octanol–water partition coefficient (Wildman–Crippen LogP) is 4.00. The maximum atomic E-state index is 9.27. The number of halogens is 2. The number of aromatic hydroxyl groups is 1. The van der Waals surface area contributed by atoms with E-state index < -0.39 is 0 Å². The summed E-state index contributed by atoms with van der Waals surface area (Å²) in [6, 6.07) is 3.18. The lowest BCUT2D eigenvalue weighted by Crippen LogP contribution is -2.11. The Morgan fingerprint density at radius 3 is 2.08 bits per heavy atom. The van der Waals surface area contributed by atoms with Crippen LogP contribution in [0.2, 0.25) is 10.0 Å². The molecule has 0 radical (unpaired) electrons. The smallest absolute Gasteiger partial charge is 0.135 e. The number of hydrogen-bond donors (Lipinski definition) is 1. The lowest BCUT2D eigenvalue weighted by atomic mass is 9.87. The third kappa shape index (κ3) is 2.29. The Morgan fingerprint density at radius 1 is 1.08 bits per heavy atom. The van der Waals surface area contributed by atoms with Crippen molar-refractivity contribution in [1.29, 1.82) is 0 Å². The van der Waals surface area contributed by atoms with Crippen molar-refractivity contribution >= 4 is 23.2 Å². The number of phenolic OH excluding ortho intramolecular Hbond substituents is 1. The highest BCUT2D eigenvalue weighted by molar-refractivity contribution is 6.34. The zero-order valence-corrected chi connectivity index (χ0v) is 9.37. The highest BCUT2D eigenvalue weighted by Crippen LogP contribution is 2.36. The van der Waals surface area contributed by atoms with E-state index in [4.69, 9.17) is 23.2 Å². The van der Waals surface area contributed by atoms with Gasteiger partial charge < -0.3 is 5.11 Å². The Balaban J connectivity index is 3.32. The van der Waals surface area contributed by atoms with Gasteiger partial charge in [0.2, 0.25) is 0 Å². The Labute approximate surface area is 88.3 Å². The van der Waals surface area contributed by atoms with Gasteiger partial charge in [0, 0.05) is 11.1 Å². The molecule has 1 rings (SSSR count). The van der Waals surface area contributed by atoms with E-state index in [1.165, 1.54) is 6.07 Å². The van der Waals surface area contributed by atoms with Crippen LogP contribution in [0.1, 0.15) is 26.3 Å². The first-order valence-corrected chi connectivity index (χ1v) is 4.76. The molecule has 13 heavy (non-hydrogen) atoms. The van der Waals surface area contributed by atoms with E-state index in [9.17, 15) is 5.11 Å². The molecule has 0 spiro atoms. The van der Waals surface area contributed by atoms with Gasteiger partial charge in [-0.1, -0.05) is 44.0 Å². The second-order valence-electron chi connectivity index (χ2n) is 4.03. The summed E-state index contributed by atoms with van der Waals surface area (Å²) in [7, 11) is 0. The quantitative estimate of drug-likeness (QED) is 0.699. The second kappa shape index (κ2) is 3.39. The average Bonchev–Trinajstić information content (AvgIpc) is 1.94. The molecule has 72 valence electrons. The van der Waals surface area contributed by atoms with Crippen LogP contribution >= 0.6 is 23.2 Å². The number of benzene rings is 1. The van der Waals surface area contributed by atoms with Crippen molar-refractivity contribution in [1.82, 2.24) is 0 Å². The van der Waals surface area contributed by atoms with Gasteiger partial charge in [-0.25, -0.2) is 0 Å². The van der Waals surface area contributed by atoms with Crippen LogP contribution in [0.5, 0.6) is 5.75 Å². The highest BCUT2D eigenvalue weighted by atomic mass is 35.5. The van der Waals surface area contributed by atoms with Gasteiger partial charge in [-0.2, -0.15) is 0 Å². The number of hydrogen-bond acceptors (Lipinski definition) is 1. The molecule has 1 aromatic carbocycles. The van der Waals surface area contributed by atoms with E-state index in [0.717, 1.165) is 5.56 Å². The summed E-state index contributed by atoms with van der Waals surface area (Å²) in [4.78, 5) is 0. The fourth-order valence-electron chi connectivity index (χ4n) is 1.11. The first kappa shape index (κ1) is 10.7. The van der Waals surface area contributed by atoms with E-state index >= 15 is 0 Å². The van der Waals surface area contributed by atoms with Crippen molar-refractivity contribution in [3.8, 4) is 5.75 Å². The topological polar surface area (TPSA) is 20.2 Å². The van der Waals surface area contributed by atoms with Gasteiger partial charge in [-0.3, -0.25) is 0 Å². The number of phenols is 1. The minimum Gasteiger partial charge on any atom is -0.506 e. The summed E-state index contributed by atoms with van der Waals surface area (Å²) in [5.74, 6) is 0.0275. The van der Waals surface area contributed by atoms with Gasteiger partial charge in [0.05, 0.1) is 5.02 Å². The Kier molecular flexibility index (Phi) is 2.79. The number of rotatable bonds is 0. The first-order valence-electron chi connectivity index (χ1n) is 4.01. The summed E-state index contributed by atoms with van der Waals surface area (Å²) in [6.07, 6.45) is 0. The normalized spacial score (nSPS) is 11.8. The van der Waals surface area contributed by atoms with Crippen LogP contribution in [0.15, 0.2) is 12.1 Å². The molecule has 0 aliphatic carbocycles. The third-order valence-corrected chi connectivity index (χ3v) is 2.46. The Hall–Kier alpha value is -0.400. The summed E-state index contributed by atoms with van der Waals surface area (Å²) in [6.45, 7) is 6.13. The molecule has 0 saturated heterocycles. The molecule has 0 aliphatic rings. The fourth-order valence-corrected chi connectivity index (χ4v) is 1.72. The molecule has 0 heterocycles. The molecule has 0 saturated carbocycles. The standard InChI is InChI=1S/C10H12Cl2O/c1-10(2,3)6-4-8(12)9(13)5-7(6)11/h4-5,13H,1-3H3. The SMILES string of the molecule is CC(C)(C)c1cc(Cl)c(O)cc1Cl. The monoisotopic (exact) mass is 218 g/mol. The summed E-state index contributed by atoms with van der Waals surface area (Å²) >= 11 is 11.8. The Morgan fingerprint density at radius 2 is 1.62 bits per heavy atom. The van der Waals surface area contributed by atoms with Crippen LogP contribution in [-0.2, 0) is 5.41 Å². The van der Waals surface area contributed by atoms with Crippen molar-refractivity contribution in [3.05, 3.63) is 27.7 Å². The van der Waals surface area contributed by atoms with Crippen molar-refractivity contribution in [2.45, 2.75) is 26.2 Å². The average molecular weight is 219 g/mol. The van der Waals surface area contributed by atoms with Gasteiger partial charge in [0.25, 0.3) is 0 Å². The maximum absolute atomic E-state index is 9.27. The van der Waals surface area contributed by atoms with Crippen molar-refractivity contribution < 1.29 is 5.11 Å². The van der Waals surface area contributed by atoms with Gasteiger partial charge in [-0.05, 0) is 17.0 Å². The van der Waals surface area contributed by atoms with Crippen LogP contribution in [-0.4, -0.2) is 5.11 Å². The molecule has 1 N–H and O–H groups in total. The molecule has 0 amide bonds. The summed E-state index contributed by atoms with van der Waals surface area (Å²) in [5.41, 5.74) is 0.881. The zero-order chi connectivity index (χ0) is 10.2. The van der Waals surface area contributed by atoms with Crippen LogP contribution in [0.4, 0.5) is 0 Å². The highest BCUT2D eigenvalue weighted by Gasteiger charge is 2.18. The van der Waals surface area contributed by atoms with Gasteiger partial charge in [-0.15, -0.1) is 0 Å². The largest absolute Gasteiger partial charge is 0.506 e. The second-order valence-corrected chi connectivity index (χ2v) is 4.85. The minimum atomic E-state index is -0.0611. The van der Waals surface area contributed by atoms with Crippen LogP contribution in [0.25, 0.3) is 0 Å². The first-order chi connectivity index (χ1) is 5.82. The molecule has 1 aromatic rings. The summed E-state index contributed by atoms with van der Waals surface area (Å²) < 4.78 is 0. The molecule has 0 aromatic heterocycles. The van der Waals surface area contributed by atoms with Crippen LogP contribution in [0, 0.1) is 0 Å². The van der Waals surface area contributed by atoms with E-state index in [1.54, 1.807) is 6.07 Å². The molecule has 0 bridgehead atoms. The minimum absolute atomic E-state index is 0.0275. The molecule has 0 fully saturated rings. The van der Waals surface area contributed by atoms with Crippen molar-refractivity contribution in [3.63, 3.8) is 0 Å². The van der Waals surface area contributed by atoms with Crippen LogP contribution < -0.4 is 0 Å². The third-order valence-electron chi connectivity index (χ3n) is 1.84. The lowest BCUT2D eigenvalue weighted by molar-refractivity contribution is 0.474. The van der Waals surface area contributed by atoms with Crippen LogP contribution in [0.3, 0.4) is 0 Å². The van der Waals surface area contributed by atoms with E-state index in [0.29, 0.717) is 10.0 Å². The lowest BCUT2D eigenvalue weighted by Gasteiger charge is -2.21. The fraction of sp³-hybridized carbons (Fsp3) is 0.400. The molecular weight excluding hydrogens is 207 g/mol. The molecule has 0 aliphatic heterocycles. The molecular formula is C10H12Cl2O. The van der Waals surface area contributed by atoms with E-state index in [1.807, 2.05) is 20.8 Å². The van der Waals surface area contributed by atoms with Crippen molar-refractivity contribution in [2.24, 2.45) is 0 Å². The molecule has 0 atom stereocenters. The predicted molar refractivity (Wildman–Crippen MR) is 56.8 cm³/mol. The Bertz CT molecular complexity index is 326. The van der Waals surface area contributed by atoms with Gasteiger partial charge >= 0.3 is 0 Å². The molecule has 3 heteroatoms. The molecule has 0 unspecified atom stereocenters. The van der Waals surface area contributed by atoms with E-state index in [-0.39, 0.29) is 11.2 Å². The molecule has 1 nitrogen and oxygen atoms in total. The van der Waals surface area contributed by atoms with E-state index in [2.05, 4.69) is 0 Å². The van der Waals surface area contributed by atoms with Gasteiger partial charge in [0.1, 0.15) is 5.75 Å². The zero-order valence-electron chi connectivity index (χ0n) is 7.86. The van der Waals surface area contributed by atoms with Gasteiger partial charge in [0.15, 0.2) is 0 Å². The van der Waals surface area contributed by atoms with Crippen molar-refractivity contribution in [2.75, 3.05) is 0 Å². The summed E-state index contributed by atoms with van der Waals surface area (Å²) in [5, 5.41) is 10.2. The maximum Gasteiger partial charge on any atom is 0.135 e.